The summed E-state index contributed by atoms with van der Waals surface area (Å²) in [7, 11) is 0. The van der Waals surface area contributed by atoms with Gasteiger partial charge in [0, 0.05) is 24.6 Å². The Morgan fingerprint density at radius 3 is 2.72 bits per heavy atom. The van der Waals surface area contributed by atoms with Crippen LogP contribution in [0.5, 0.6) is 5.75 Å². The van der Waals surface area contributed by atoms with E-state index in [1.165, 1.54) is 16.3 Å². The summed E-state index contributed by atoms with van der Waals surface area (Å²) in [6.07, 6.45) is 1.16. The molecule has 2 aromatic carbocycles. The van der Waals surface area contributed by atoms with Crippen molar-refractivity contribution in [3.63, 3.8) is 0 Å². The highest BCUT2D eigenvalue weighted by Crippen LogP contribution is 2.48. The largest absolute Gasteiger partial charge is 0.494 e. The molecule has 2 unspecified atom stereocenters. The minimum absolute atomic E-state index is 0.00521. The van der Waals surface area contributed by atoms with Gasteiger partial charge in [0.05, 0.1) is 6.61 Å². The van der Waals surface area contributed by atoms with E-state index in [9.17, 15) is 4.79 Å². The number of rotatable bonds is 7. The predicted octanol–water partition coefficient (Wildman–Crippen LogP) is 4.22. The smallest absolute Gasteiger partial charge is 0.303 e. The van der Waals surface area contributed by atoms with Gasteiger partial charge in [0.15, 0.2) is 0 Å². The van der Waals surface area contributed by atoms with Crippen LogP contribution in [0.25, 0.3) is 10.8 Å². The Labute approximate surface area is 149 Å². The number of carboxylic acid groups (broad SMARTS) is 1. The fraction of sp³-hybridized carbons (Fsp3) is 0.476. The lowest BCUT2D eigenvalue weighted by Gasteiger charge is -2.52. The molecule has 1 aliphatic carbocycles. The van der Waals surface area contributed by atoms with Crippen LogP contribution in [0.4, 0.5) is 0 Å². The number of carbonyl (C=O) groups is 1. The van der Waals surface area contributed by atoms with Crippen molar-refractivity contribution in [1.82, 2.24) is 5.32 Å². The van der Waals surface area contributed by atoms with Gasteiger partial charge < -0.3 is 15.2 Å². The van der Waals surface area contributed by atoms with Crippen LogP contribution in [0, 0.1) is 11.3 Å². The molecule has 1 aliphatic rings. The Balaban J connectivity index is 1.77. The Kier molecular flexibility index (Phi) is 5.00. The van der Waals surface area contributed by atoms with Gasteiger partial charge in [0.25, 0.3) is 0 Å². The number of hydrogen-bond acceptors (Lipinski definition) is 3. The van der Waals surface area contributed by atoms with Crippen molar-refractivity contribution in [1.29, 1.82) is 0 Å². The van der Waals surface area contributed by atoms with E-state index in [-0.39, 0.29) is 17.8 Å². The van der Waals surface area contributed by atoms with Gasteiger partial charge in [-0.05, 0) is 41.5 Å². The molecule has 25 heavy (non-hydrogen) atoms. The first kappa shape index (κ1) is 17.7. The molecular formula is C21H27NO3. The summed E-state index contributed by atoms with van der Waals surface area (Å²) < 4.78 is 5.84. The van der Waals surface area contributed by atoms with E-state index in [4.69, 9.17) is 9.84 Å². The third kappa shape index (κ3) is 3.49. The van der Waals surface area contributed by atoms with Crippen LogP contribution in [0.1, 0.15) is 39.2 Å². The molecule has 4 nitrogen and oxygen atoms in total. The van der Waals surface area contributed by atoms with E-state index in [1.54, 1.807) is 0 Å². The lowest BCUT2D eigenvalue weighted by molar-refractivity contribution is -0.142. The average molecular weight is 341 g/mol. The second-order valence-corrected chi connectivity index (χ2v) is 7.48. The van der Waals surface area contributed by atoms with E-state index in [0.717, 1.165) is 18.7 Å². The van der Waals surface area contributed by atoms with Gasteiger partial charge in [-0.2, -0.15) is 0 Å². The molecule has 2 N–H and O–H groups in total. The Hall–Kier alpha value is -2.07. The van der Waals surface area contributed by atoms with Gasteiger partial charge in [-0.3, -0.25) is 4.79 Å². The van der Waals surface area contributed by atoms with E-state index >= 15 is 0 Å². The number of carboxylic acids is 1. The summed E-state index contributed by atoms with van der Waals surface area (Å²) >= 11 is 0. The second-order valence-electron chi connectivity index (χ2n) is 7.48. The highest BCUT2D eigenvalue weighted by atomic mass is 16.5. The molecule has 2 aromatic rings. The Morgan fingerprint density at radius 2 is 2.04 bits per heavy atom. The maximum atomic E-state index is 11.0. The van der Waals surface area contributed by atoms with Crippen LogP contribution < -0.4 is 10.1 Å². The van der Waals surface area contributed by atoms with Crippen LogP contribution in [0.15, 0.2) is 36.4 Å². The third-order valence-corrected chi connectivity index (χ3v) is 5.71. The quantitative estimate of drug-likeness (QED) is 0.792. The van der Waals surface area contributed by atoms with Gasteiger partial charge in [-0.15, -0.1) is 0 Å². The summed E-state index contributed by atoms with van der Waals surface area (Å²) in [6.45, 7) is 7.69. The molecule has 1 fully saturated rings. The van der Waals surface area contributed by atoms with Crippen LogP contribution in [0.3, 0.4) is 0 Å². The van der Waals surface area contributed by atoms with Crippen molar-refractivity contribution in [2.75, 3.05) is 6.61 Å². The molecule has 0 bridgehead atoms. The minimum atomic E-state index is -0.704. The molecule has 3 rings (SSSR count). The van der Waals surface area contributed by atoms with Crippen molar-refractivity contribution in [3.8, 4) is 5.75 Å². The number of hydrogen-bond donors (Lipinski definition) is 2. The van der Waals surface area contributed by atoms with E-state index in [0.29, 0.717) is 12.6 Å². The number of aliphatic carboxylic acids is 1. The number of ether oxygens (including phenoxy) is 1. The zero-order chi connectivity index (χ0) is 18.0. The molecular weight excluding hydrogens is 314 g/mol. The number of benzene rings is 2. The molecule has 0 heterocycles. The van der Waals surface area contributed by atoms with Crippen molar-refractivity contribution in [2.45, 2.75) is 46.2 Å². The lowest BCUT2D eigenvalue weighted by Crippen LogP contribution is -2.57. The molecule has 0 amide bonds. The Bertz CT molecular complexity index is 769. The van der Waals surface area contributed by atoms with Crippen LogP contribution in [-0.4, -0.2) is 23.7 Å². The molecule has 1 saturated carbocycles. The van der Waals surface area contributed by atoms with Gasteiger partial charge in [-0.1, -0.05) is 44.2 Å². The second kappa shape index (κ2) is 7.04. The normalized spacial score (nSPS) is 21.7. The van der Waals surface area contributed by atoms with Crippen LogP contribution in [-0.2, 0) is 11.3 Å². The fourth-order valence-electron chi connectivity index (χ4n) is 3.93. The first-order valence-electron chi connectivity index (χ1n) is 9.02. The minimum Gasteiger partial charge on any atom is -0.494 e. The van der Waals surface area contributed by atoms with Gasteiger partial charge in [0.1, 0.15) is 5.75 Å². The highest BCUT2D eigenvalue weighted by Gasteiger charge is 2.48. The van der Waals surface area contributed by atoms with Gasteiger partial charge >= 0.3 is 5.97 Å². The molecule has 0 saturated heterocycles. The maximum Gasteiger partial charge on any atom is 0.303 e. The SMILES string of the molecule is CCOc1ccc2ccccc2c1CNC1CC(CC(=O)O)C1(C)C. The first-order chi connectivity index (χ1) is 11.9. The summed E-state index contributed by atoms with van der Waals surface area (Å²) in [5.41, 5.74) is 1.17. The summed E-state index contributed by atoms with van der Waals surface area (Å²) in [4.78, 5) is 11.0. The van der Waals surface area contributed by atoms with Crippen molar-refractivity contribution in [3.05, 3.63) is 42.0 Å². The maximum absolute atomic E-state index is 11.0. The highest BCUT2D eigenvalue weighted by molar-refractivity contribution is 5.87. The Morgan fingerprint density at radius 1 is 1.28 bits per heavy atom. The zero-order valence-electron chi connectivity index (χ0n) is 15.2. The molecule has 134 valence electrons. The van der Waals surface area contributed by atoms with Crippen molar-refractivity contribution >= 4 is 16.7 Å². The fourth-order valence-corrected chi connectivity index (χ4v) is 3.93. The molecule has 0 aliphatic heterocycles. The standard InChI is InChI=1S/C21H27NO3/c1-4-25-18-10-9-14-7-5-6-8-16(14)17(18)13-22-19-11-15(12-20(23)24)21(19,2)3/h5-10,15,19,22H,4,11-13H2,1-3H3,(H,23,24). The molecule has 2 atom stereocenters. The molecule has 0 spiro atoms. The number of nitrogens with one attached hydrogen (secondary N) is 1. The van der Waals surface area contributed by atoms with E-state index in [2.05, 4.69) is 43.4 Å². The van der Waals surface area contributed by atoms with Gasteiger partial charge in [0.2, 0.25) is 0 Å². The summed E-state index contributed by atoms with van der Waals surface area (Å²) in [5, 5.41) is 15.1. The van der Waals surface area contributed by atoms with E-state index < -0.39 is 5.97 Å². The lowest BCUT2D eigenvalue weighted by atomic mass is 9.57. The molecule has 0 radical (unpaired) electrons. The average Bonchev–Trinajstić information content (AvgIpc) is 2.58. The predicted molar refractivity (Wildman–Crippen MR) is 99.9 cm³/mol. The number of fused-ring (bicyclic) bond motifs is 1. The molecule has 0 aromatic heterocycles. The first-order valence-corrected chi connectivity index (χ1v) is 9.02. The summed E-state index contributed by atoms with van der Waals surface area (Å²) in [5.74, 6) is 0.457. The molecule has 4 heteroatoms. The zero-order valence-corrected chi connectivity index (χ0v) is 15.2. The van der Waals surface area contributed by atoms with E-state index in [1.807, 2.05) is 19.1 Å². The summed E-state index contributed by atoms with van der Waals surface area (Å²) in [6, 6.07) is 12.8. The third-order valence-electron chi connectivity index (χ3n) is 5.71. The van der Waals surface area contributed by atoms with Gasteiger partial charge in [-0.25, -0.2) is 0 Å². The monoisotopic (exact) mass is 341 g/mol. The topological polar surface area (TPSA) is 58.6 Å². The van der Waals surface area contributed by atoms with Crippen molar-refractivity contribution in [2.24, 2.45) is 11.3 Å². The van der Waals surface area contributed by atoms with Crippen LogP contribution in [0.2, 0.25) is 0 Å². The van der Waals surface area contributed by atoms with Crippen LogP contribution >= 0.6 is 0 Å². The van der Waals surface area contributed by atoms with Crippen molar-refractivity contribution < 1.29 is 14.6 Å².